The van der Waals surface area contributed by atoms with Crippen molar-refractivity contribution in [3.8, 4) is 0 Å². The lowest BCUT2D eigenvalue weighted by molar-refractivity contribution is -0.115. The van der Waals surface area contributed by atoms with Gasteiger partial charge in [-0.25, -0.2) is 9.97 Å². The molecule has 0 bridgehead atoms. The second kappa shape index (κ2) is 5.41. The van der Waals surface area contributed by atoms with Crippen LogP contribution in [-0.4, -0.2) is 15.9 Å². The van der Waals surface area contributed by atoms with Gasteiger partial charge in [-0.1, -0.05) is 29.8 Å². The highest BCUT2D eigenvalue weighted by Crippen LogP contribution is 2.25. The summed E-state index contributed by atoms with van der Waals surface area (Å²) in [7, 11) is 0. The summed E-state index contributed by atoms with van der Waals surface area (Å²) in [5, 5.41) is 2.92. The van der Waals surface area contributed by atoms with Gasteiger partial charge < -0.3 is 5.32 Å². The van der Waals surface area contributed by atoms with Crippen LogP contribution in [0.5, 0.6) is 0 Å². The number of fused-ring (bicyclic) bond motifs is 1. The number of rotatable bonds is 3. The standard InChI is InChI=1S/C16H17N3O/c1-11-5-7-12(8-6-11)9-15(20)19-16-13-3-2-4-14(13)17-10-18-16/h5-8,10H,2-4,9H2,1H3,(H,17,18,19,20). The number of nitrogens with zero attached hydrogens (tertiary/aromatic N) is 2. The maximum absolute atomic E-state index is 12.1. The number of hydrogen-bond donors (Lipinski definition) is 1. The van der Waals surface area contributed by atoms with E-state index in [1.165, 1.54) is 11.9 Å². The zero-order valence-corrected chi connectivity index (χ0v) is 11.5. The molecule has 1 aliphatic carbocycles. The molecule has 0 saturated carbocycles. The minimum Gasteiger partial charge on any atom is -0.310 e. The van der Waals surface area contributed by atoms with Crippen LogP contribution in [0, 0.1) is 6.92 Å². The first-order valence-electron chi connectivity index (χ1n) is 6.90. The van der Waals surface area contributed by atoms with Crippen LogP contribution < -0.4 is 5.32 Å². The topological polar surface area (TPSA) is 54.9 Å². The molecule has 0 atom stereocenters. The second-order valence-corrected chi connectivity index (χ2v) is 5.21. The molecular formula is C16H17N3O. The number of hydrogen-bond acceptors (Lipinski definition) is 3. The molecule has 20 heavy (non-hydrogen) atoms. The molecule has 0 saturated heterocycles. The molecule has 0 aliphatic heterocycles. The Bertz CT molecular complexity index is 635. The van der Waals surface area contributed by atoms with E-state index < -0.39 is 0 Å². The molecule has 1 aromatic carbocycles. The second-order valence-electron chi connectivity index (χ2n) is 5.21. The maximum Gasteiger partial charge on any atom is 0.229 e. The van der Waals surface area contributed by atoms with Gasteiger partial charge in [0.2, 0.25) is 5.91 Å². The molecule has 0 radical (unpaired) electrons. The third-order valence-corrected chi connectivity index (χ3v) is 3.62. The van der Waals surface area contributed by atoms with Gasteiger partial charge in [0.15, 0.2) is 0 Å². The molecule has 4 heteroatoms. The fraction of sp³-hybridized carbons (Fsp3) is 0.312. The highest BCUT2D eigenvalue weighted by atomic mass is 16.1. The minimum atomic E-state index is -0.0262. The van der Waals surface area contributed by atoms with Crippen LogP contribution in [0.25, 0.3) is 0 Å². The summed E-state index contributed by atoms with van der Waals surface area (Å²) < 4.78 is 0. The van der Waals surface area contributed by atoms with Crippen molar-refractivity contribution < 1.29 is 4.79 Å². The monoisotopic (exact) mass is 267 g/mol. The first kappa shape index (κ1) is 12.8. The Morgan fingerprint density at radius 3 is 2.80 bits per heavy atom. The first-order valence-corrected chi connectivity index (χ1v) is 6.90. The van der Waals surface area contributed by atoms with Crippen LogP contribution in [0.4, 0.5) is 5.82 Å². The molecule has 2 aromatic rings. The van der Waals surface area contributed by atoms with Crippen molar-refractivity contribution in [3.05, 3.63) is 53.0 Å². The van der Waals surface area contributed by atoms with Crippen molar-refractivity contribution in [2.45, 2.75) is 32.6 Å². The third kappa shape index (κ3) is 2.69. The van der Waals surface area contributed by atoms with Gasteiger partial charge in [0, 0.05) is 11.3 Å². The van der Waals surface area contributed by atoms with E-state index in [1.54, 1.807) is 0 Å². The fourth-order valence-corrected chi connectivity index (χ4v) is 2.53. The predicted octanol–water partition coefficient (Wildman–Crippen LogP) is 2.45. The summed E-state index contributed by atoms with van der Waals surface area (Å²) in [6.45, 7) is 2.04. The van der Waals surface area contributed by atoms with E-state index in [2.05, 4.69) is 15.3 Å². The Kier molecular flexibility index (Phi) is 3.46. The van der Waals surface area contributed by atoms with Crippen LogP contribution in [0.3, 0.4) is 0 Å². The van der Waals surface area contributed by atoms with Gasteiger partial charge >= 0.3 is 0 Å². The lowest BCUT2D eigenvalue weighted by atomic mass is 10.1. The predicted molar refractivity (Wildman–Crippen MR) is 77.6 cm³/mol. The van der Waals surface area contributed by atoms with Gasteiger partial charge in [0.1, 0.15) is 12.1 Å². The van der Waals surface area contributed by atoms with Crippen LogP contribution >= 0.6 is 0 Å². The highest BCUT2D eigenvalue weighted by molar-refractivity contribution is 5.92. The summed E-state index contributed by atoms with van der Waals surface area (Å²) in [6.07, 6.45) is 4.94. The molecule has 0 unspecified atom stereocenters. The quantitative estimate of drug-likeness (QED) is 0.929. The SMILES string of the molecule is Cc1ccc(CC(=O)Nc2ncnc3c2CCC3)cc1. The Hall–Kier alpha value is -2.23. The molecule has 0 fully saturated rings. The van der Waals surface area contributed by atoms with Gasteiger partial charge in [0.25, 0.3) is 0 Å². The number of carbonyl (C=O) groups excluding carboxylic acids is 1. The third-order valence-electron chi connectivity index (χ3n) is 3.62. The van der Waals surface area contributed by atoms with Crippen molar-refractivity contribution in [2.24, 2.45) is 0 Å². The lowest BCUT2D eigenvalue weighted by Crippen LogP contribution is -2.17. The van der Waals surface area contributed by atoms with E-state index in [4.69, 9.17) is 0 Å². The zero-order valence-electron chi connectivity index (χ0n) is 11.5. The molecule has 3 rings (SSSR count). The molecule has 1 aliphatic rings. The number of anilines is 1. The van der Waals surface area contributed by atoms with Crippen molar-refractivity contribution in [3.63, 3.8) is 0 Å². The van der Waals surface area contributed by atoms with Crippen LogP contribution in [0.2, 0.25) is 0 Å². The average molecular weight is 267 g/mol. The minimum absolute atomic E-state index is 0.0262. The Balaban J connectivity index is 1.70. The molecule has 1 aromatic heterocycles. The molecule has 102 valence electrons. The van der Waals surface area contributed by atoms with E-state index in [0.29, 0.717) is 12.2 Å². The summed E-state index contributed by atoms with van der Waals surface area (Å²) in [4.78, 5) is 20.6. The zero-order chi connectivity index (χ0) is 13.9. The fourth-order valence-electron chi connectivity index (χ4n) is 2.53. The molecule has 0 spiro atoms. The van der Waals surface area contributed by atoms with E-state index in [9.17, 15) is 4.79 Å². The number of aryl methyl sites for hydroxylation is 2. The Morgan fingerprint density at radius 1 is 1.20 bits per heavy atom. The van der Waals surface area contributed by atoms with Crippen LogP contribution in [0.15, 0.2) is 30.6 Å². The number of aromatic nitrogens is 2. The van der Waals surface area contributed by atoms with Gasteiger partial charge in [0.05, 0.1) is 6.42 Å². The van der Waals surface area contributed by atoms with E-state index >= 15 is 0 Å². The molecular weight excluding hydrogens is 250 g/mol. The van der Waals surface area contributed by atoms with Gasteiger partial charge in [-0.15, -0.1) is 0 Å². The maximum atomic E-state index is 12.1. The van der Waals surface area contributed by atoms with Crippen molar-refractivity contribution in [1.29, 1.82) is 0 Å². The number of carbonyl (C=O) groups is 1. The normalized spacial score (nSPS) is 13.1. The van der Waals surface area contributed by atoms with E-state index in [1.807, 2.05) is 31.2 Å². The summed E-state index contributed by atoms with van der Waals surface area (Å²) >= 11 is 0. The van der Waals surface area contributed by atoms with E-state index in [0.717, 1.165) is 36.1 Å². The van der Waals surface area contributed by atoms with Crippen LogP contribution in [0.1, 0.15) is 28.8 Å². The molecule has 1 amide bonds. The van der Waals surface area contributed by atoms with Gasteiger partial charge in [-0.05, 0) is 31.7 Å². The molecule has 1 N–H and O–H groups in total. The van der Waals surface area contributed by atoms with Crippen molar-refractivity contribution in [1.82, 2.24) is 9.97 Å². The van der Waals surface area contributed by atoms with Gasteiger partial charge in [-0.2, -0.15) is 0 Å². The van der Waals surface area contributed by atoms with Crippen molar-refractivity contribution in [2.75, 3.05) is 5.32 Å². The number of amides is 1. The number of nitrogens with one attached hydrogen (secondary N) is 1. The Morgan fingerprint density at radius 2 is 2.00 bits per heavy atom. The van der Waals surface area contributed by atoms with E-state index in [-0.39, 0.29) is 5.91 Å². The van der Waals surface area contributed by atoms with Crippen LogP contribution in [-0.2, 0) is 24.1 Å². The number of benzene rings is 1. The van der Waals surface area contributed by atoms with Crippen molar-refractivity contribution >= 4 is 11.7 Å². The average Bonchev–Trinajstić information content (AvgIpc) is 2.91. The lowest BCUT2D eigenvalue weighted by Gasteiger charge is -2.08. The molecule has 1 heterocycles. The smallest absolute Gasteiger partial charge is 0.229 e. The first-order chi connectivity index (χ1) is 9.72. The van der Waals surface area contributed by atoms with Gasteiger partial charge in [-0.3, -0.25) is 4.79 Å². The molecule has 4 nitrogen and oxygen atoms in total. The summed E-state index contributed by atoms with van der Waals surface area (Å²) in [6, 6.07) is 8.01. The summed E-state index contributed by atoms with van der Waals surface area (Å²) in [5.74, 6) is 0.659. The Labute approximate surface area is 118 Å². The highest BCUT2D eigenvalue weighted by Gasteiger charge is 2.18. The largest absolute Gasteiger partial charge is 0.310 e. The summed E-state index contributed by atoms with van der Waals surface area (Å²) in [5.41, 5.74) is 4.39.